The SMILES string of the molecule is CCNC(=NCc1cccc(CN2CCCC2=O)c1)NC1CCN(c2ccccc2)CC1.I. The van der Waals surface area contributed by atoms with E-state index < -0.39 is 0 Å². The molecule has 0 saturated carbocycles. The number of hydrogen-bond donors (Lipinski definition) is 2. The number of carbonyl (C=O) groups excluding carboxylic acids is 1. The van der Waals surface area contributed by atoms with E-state index in [1.807, 2.05) is 4.90 Å². The standard InChI is InChI=1S/C26H35N5O.HI/c1-2-27-26(29-23-13-16-30(17-14-23)24-10-4-3-5-11-24)28-19-21-8-6-9-22(18-21)20-31-15-7-12-25(31)32;/h3-6,8-11,18,23H,2,7,12-17,19-20H2,1H3,(H2,27,28,29);1H. The van der Waals surface area contributed by atoms with Crippen LogP contribution in [-0.4, -0.2) is 49.0 Å². The number of piperidine rings is 1. The van der Waals surface area contributed by atoms with Crippen molar-refractivity contribution in [3.8, 4) is 0 Å². The van der Waals surface area contributed by atoms with Crippen LogP contribution in [0.2, 0.25) is 0 Å². The fraction of sp³-hybridized carbons (Fsp3) is 0.462. The van der Waals surface area contributed by atoms with E-state index in [0.29, 0.717) is 25.6 Å². The molecule has 2 saturated heterocycles. The maximum atomic E-state index is 11.9. The van der Waals surface area contributed by atoms with E-state index in [-0.39, 0.29) is 29.9 Å². The van der Waals surface area contributed by atoms with Gasteiger partial charge in [-0.2, -0.15) is 0 Å². The first-order valence-corrected chi connectivity index (χ1v) is 11.9. The minimum absolute atomic E-state index is 0. The number of nitrogens with one attached hydrogen (secondary N) is 2. The first-order valence-electron chi connectivity index (χ1n) is 11.9. The third-order valence-corrected chi connectivity index (χ3v) is 6.26. The zero-order chi connectivity index (χ0) is 22.2. The summed E-state index contributed by atoms with van der Waals surface area (Å²) in [6.07, 6.45) is 3.86. The Labute approximate surface area is 214 Å². The van der Waals surface area contributed by atoms with Crippen LogP contribution >= 0.6 is 24.0 Å². The first-order chi connectivity index (χ1) is 15.7. The molecule has 2 N–H and O–H groups in total. The van der Waals surface area contributed by atoms with Gasteiger partial charge in [-0.1, -0.05) is 42.5 Å². The van der Waals surface area contributed by atoms with E-state index in [4.69, 9.17) is 4.99 Å². The zero-order valence-electron chi connectivity index (χ0n) is 19.5. The molecule has 2 aromatic rings. The lowest BCUT2D eigenvalue weighted by Gasteiger charge is -2.34. The maximum Gasteiger partial charge on any atom is 0.222 e. The van der Waals surface area contributed by atoms with Gasteiger partial charge in [-0.05, 0) is 49.4 Å². The number of guanidine groups is 1. The van der Waals surface area contributed by atoms with Gasteiger partial charge < -0.3 is 20.4 Å². The van der Waals surface area contributed by atoms with Crippen molar-refractivity contribution in [3.63, 3.8) is 0 Å². The van der Waals surface area contributed by atoms with Gasteiger partial charge in [0.2, 0.25) is 5.91 Å². The lowest BCUT2D eigenvalue weighted by molar-refractivity contribution is -0.128. The molecule has 178 valence electrons. The minimum atomic E-state index is 0. The molecule has 1 amide bonds. The van der Waals surface area contributed by atoms with Crippen LogP contribution in [0.4, 0.5) is 5.69 Å². The molecule has 0 atom stereocenters. The van der Waals surface area contributed by atoms with Gasteiger partial charge in [-0.25, -0.2) is 4.99 Å². The lowest BCUT2D eigenvalue weighted by Crippen LogP contribution is -2.48. The van der Waals surface area contributed by atoms with Gasteiger partial charge >= 0.3 is 0 Å². The number of nitrogens with zero attached hydrogens (tertiary/aromatic N) is 3. The number of hydrogen-bond acceptors (Lipinski definition) is 3. The molecule has 7 heteroatoms. The third-order valence-electron chi connectivity index (χ3n) is 6.26. The van der Waals surface area contributed by atoms with Crippen molar-refractivity contribution >= 4 is 41.5 Å². The number of aliphatic imine (C=N–C) groups is 1. The van der Waals surface area contributed by atoms with Crippen LogP contribution in [-0.2, 0) is 17.9 Å². The Bertz CT molecular complexity index is 912. The van der Waals surface area contributed by atoms with Crippen molar-refractivity contribution in [1.29, 1.82) is 0 Å². The lowest BCUT2D eigenvalue weighted by atomic mass is 10.0. The van der Waals surface area contributed by atoms with E-state index in [2.05, 4.69) is 77.1 Å². The largest absolute Gasteiger partial charge is 0.371 e. The molecule has 0 aromatic heterocycles. The predicted octanol–water partition coefficient (Wildman–Crippen LogP) is 4.15. The second-order valence-electron chi connectivity index (χ2n) is 8.68. The van der Waals surface area contributed by atoms with E-state index >= 15 is 0 Å². The number of carbonyl (C=O) groups is 1. The number of anilines is 1. The van der Waals surface area contributed by atoms with Gasteiger partial charge in [-0.15, -0.1) is 24.0 Å². The van der Waals surface area contributed by atoms with Gasteiger partial charge in [0.1, 0.15) is 0 Å². The summed E-state index contributed by atoms with van der Waals surface area (Å²) in [4.78, 5) is 21.2. The summed E-state index contributed by atoms with van der Waals surface area (Å²) >= 11 is 0. The van der Waals surface area contributed by atoms with E-state index in [1.54, 1.807) is 0 Å². The fourth-order valence-electron chi connectivity index (χ4n) is 4.52. The Kier molecular flexibility index (Phi) is 9.84. The Morgan fingerprint density at radius 1 is 1.03 bits per heavy atom. The molecule has 33 heavy (non-hydrogen) atoms. The second kappa shape index (κ2) is 12.8. The first kappa shape index (κ1) is 25.3. The summed E-state index contributed by atoms with van der Waals surface area (Å²) in [5.74, 6) is 1.15. The molecular formula is C26H36IN5O. The molecule has 4 rings (SSSR count). The summed E-state index contributed by atoms with van der Waals surface area (Å²) in [5, 5.41) is 7.03. The Hall–Kier alpha value is -2.29. The van der Waals surface area contributed by atoms with Crippen molar-refractivity contribution < 1.29 is 4.79 Å². The highest BCUT2D eigenvalue weighted by molar-refractivity contribution is 14.0. The summed E-state index contributed by atoms with van der Waals surface area (Å²) in [7, 11) is 0. The molecule has 0 unspecified atom stereocenters. The van der Waals surface area contributed by atoms with Crippen molar-refractivity contribution in [2.45, 2.75) is 51.7 Å². The van der Waals surface area contributed by atoms with Crippen LogP contribution in [0.5, 0.6) is 0 Å². The Balaban J connectivity index is 0.00000306. The third kappa shape index (κ3) is 7.35. The maximum absolute atomic E-state index is 11.9. The molecule has 2 aliphatic heterocycles. The molecule has 0 aliphatic carbocycles. The van der Waals surface area contributed by atoms with E-state index in [9.17, 15) is 4.79 Å². The average molecular weight is 562 g/mol. The highest BCUT2D eigenvalue weighted by Gasteiger charge is 2.21. The fourth-order valence-corrected chi connectivity index (χ4v) is 4.52. The summed E-state index contributed by atoms with van der Waals surface area (Å²) in [6.45, 7) is 7.25. The molecule has 0 radical (unpaired) electrons. The molecule has 0 spiro atoms. The normalized spacial score (nSPS) is 17.1. The van der Waals surface area contributed by atoms with Crippen LogP contribution in [0.25, 0.3) is 0 Å². The van der Waals surface area contributed by atoms with Gasteiger partial charge in [0.15, 0.2) is 5.96 Å². The van der Waals surface area contributed by atoms with Crippen LogP contribution < -0.4 is 15.5 Å². The van der Waals surface area contributed by atoms with Crippen molar-refractivity contribution in [2.75, 3.05) is 31.1 Å². The van der Waals surface area contributed by atoms with Crippen molar-refractivity contribution in [3.05, 3.63) is 65.7 Å². The van der Waals surface area contributed by atoms with Crippen molar-refractivity contribution in [1.82, 2.24) is 15.5 Å². The Morgan fingerprint density at radius 3 is 2.48 bits per heavy atom. The van der Waals surface area contributed by atoms with Gasteiger partial charge in [0.25, 0.3) is 0 Å². The molecular weight excluding hydrogens is 525 g/mol. The molecule has 2 fully saturated rings. The number of para-hydroxylation sites is 1. The van der Waals surface area contributed by atoms with Crippen molar-refractivity contribution in [2.24, 2.45) is 4.99 Å². The highest BCUT2D eigenvalue weighted by Crippen LogP contribution is 2.19. The van der Waals surface area contributed by atoms with Crippen LogP contribution in [0.15, 0.2) is 59.6 Å². The van der Waals surface area contributed by atoms with E-state index in [1.165, 1.54) is 16.8 Å². The van der Waals surface area contributed by atoms with E-state index in [0.717, 1.165) is 51.4 Å². The molecule has 2 aromatic carbocycles. The topological polar surface area (TPSA) is 60.0 Å². The average Bonchev–Trinajstić information content (AvgIpc) is 3.23. The van der Waals surface area contributed by atoms with Gasteiger partial charge in [-0.3, -0.25) is 4.79 Å². The van der Waals surface area contributed by atoms with Crippen LogP contribution in [0.1, 0.15) is 43.7 Å². The molecule has 2 aliphatic rings. The minimum Gasteiger partial charge on any atom is -0.371 e. The zero-order valence-corrected chi connectivity index (χ0v) is 21.8. The predicted molar refractivity (Wildman–Crippen MR) is 146 cm³/mol. The smallest absolute Gasteiger partial charge is 0.222 e. The Morgan fingerprint density at radius 2 is 1.79 bits per heavy atom. The summed E-state index contributed by atoms with van der Waals surface area (Å²) in [6, 6.07) is 19.5. The number of benzene rings is 2. The monoisotopic (exact) mass is 561 g/mol. The number of halogens is 1. The number of rotatable bonds is 7. The van der Waals surface area contributed by atoms with Gasteiger partial charge in [0.05, 0.1) is 6.54 Å². The summed E-state index contributed by atoms with van der Waals surface area (Å²) in [5.41, 5.74) is 3.66. The second-order valence-corrected chi connectivity index (χ2v) is 8.68. The molecule has 2 heterocycles. The number of amides is 1. The highest BCUT2D eigenvalue weighted by atomic mass is 127. The summed E-state index contributed by atoms with van der Waals surface area (Å²) < 4.78 is 0. The van der Waals surface area contributed by atoms with Gasteiger partial charge in [0, 0.05) is 50.9 Å². The number of likely N-dealkylation sites (tertiary alicyclic amines) is 1. The molecule has 0 bridgehead atoms. The quantitative estimate of drug-likeness (QED) is 0.303. The van der Waals surface area contributed by atoms with Crippen LogP contribution in [0, 0.1) is 0 Å². The van der Waals surface area contributed by atoms with Crippen LogP contribution in [0.3, 0.4) is 0 Å². The molecule has 6 nitrogen and oxygen atoms in total.